The summed E-state index contributed by atoms with van der Waals surface area (Å²) in [5.74, 6) is 1.79. The van der Waals surface area contributed by atoms with Crippen molar-refractivity contribution >= 4 is 35.0 Å². The van der Waals surface area contributed by atoms with Crippen molar-refractivity contribution in [3.05, 3.63) is 30.0 Å². The maximum Gasteiger partial charge on any atom is 0.251 e. The lowest BCUT2D eigenvalue weighted by Crippen LogP contribution is -2.47. The number of fused-ring (bicyclic) bond motifs is 1. The van der Waals surface area contributed by atoms with Gasteiger partial charge in [0.05, 0.1) is 24.4 Å². The Morgan fingerprint density at radius 3 is 2.48 bits per heavy atom. The summed E-state index contributed by atoms with van der Waals surface area (Å²) < 4.78 is 5.66. The molecule has 2 saturated carbocycles. The van der Waals surface area contributed by atoms with Crippen LogP contribution in [0.2, 0.25) is 0 Å². The van der Waals surface area contributed by atoms with Crippen LogP contribution < -0.4 is 25.2 Å². The zero-order chi connectivity index (χ0) is 28.3. The predicted octanol–water partition coefficient (Wildman–Crippen LogP) is 5.82. The van der Waals surface area contributed by atoms with Crippen molar-refractivity contribution in [1.82, 2.24) is 15.3 Å². The molecular formula is C31H44N6O3. The van der Waals surface area contributed by atoms with Crippen molar-refractivity contribution in [1.29, 1.82) is 0 Å². The van der Waals surface area contributed by atoms with Crippen molar-refractivity contribution in [3.8, 4) is 5.75 Å². The van der Waals surface area contributed by atoms with Crippen molar-refractivity contribution in [2.75, 3.05) is 35.8 Å². The summed E-state index contributed by atoms with van der Waals surface area (Å²) in [6, 6.07) is 5.99. The summed E-state index contributed by atoms with van der Waals surface area (Å²) in [6.45, 7) is 4.79. The summed E-state index contributed by atoms with van der Waals surface area (Å²) in [5, 5.41) is 6.49. The molecule has 1 aromatic heterocycles. The molecule has 0 spiro atoms. The van der Waals surface area contributed by atoms with Gasteiger partial charge < -0.3 is 25.2 Å². The molecule has 2 fully saturated rings. The van der Waals surface area contributed by atoms with Gasteiger partial charge in [-0.1, -0.05) is 45.4 Å². The van der Waals surface area contributed by atoms with E-state index in [4.69, 9.17) is 9.72 Å². The number of benzene rings is 1. The van der Waals surface area contributed by atoms with Crippen molar-refractivity contribution in [2.45, 2.75) is 96.6 Å². The normalized spacial score (nSPS) is 22.4. The number of carbonyl (C=O) groups excluding carboxylic acids is 2. The average Bonchev–Trinajstić information content (AvgIpc) is 3.07. The number of hydrogen-bond acceptors (Lipinski definition) is 7. The summed E-state index contributed by atoms with van der Waals surface area (Å²) in [5.41, 5.74) is 1.48. The summed E-state index contributed by atoms with van der Waals surface area (Å²) in [7, 11) is 3.42. The van der Waals surface area contributed by atoms with Crippen molar-refractivity contribution < 1.29 is 14.3 Å². The van der Waals surface area contributed by atoms with Gasteiger partial charge in [-0.15, -0.1) is 0 Å². The minimum absolute atomic E-state index is 0.0761. The van der Waals surface area contributed by atoms with Crippen LogP contribution >= 0.6 is 0 Å². The van der Waals surface area contributed by atoms with E-state index in [0.717, 1.165) is 56.5 Å². The largest absolute Gasteiger partial charge is 0.495 e. The van der Waals surface area contributed by atoms with Gasteiger partial charge in [-0.05, 0) is 57.2 Å². The molecular weight excluding hydrogens is 504 g/mol. The van der Waals surface area contributed by atoms with Crippen molar-refractivity contribution in [3.63, 3.8) is 0 Å². The Morgan fingerprint density at radius 2 is 1.80 bits per heavy atom. The Hall–Kier alpha value is -3.36. The lowest BCUT2D eigenvalue weighted by Gasteiger charge is -2.38. The van der Waals surface area contributed by atoms with Crippen LogP contribution in [0.5, 0.6) is 5.75 Å². The highest BCUT2D eigenvalue weighted by molar-refractivity contribution is 6.01. The SMILES string of the molecule is CCC1(C)CN(C2CCCCC2)c2nc(Nc3ccc(C(=O)NC4CCCCC4)cc3OC)ncc2N(C)C1=O. The maximum absolute atomic E-state index is 13.5. The number of nitrogens with zero attached hydrogens (tertiary/aromatic N) is 4. The van der Waals surface area contributed by atoms with Gasteiger partial charge in [0.15, 0.2) is 5.82 Å². The minimum atomic E-state index is -0.502. The topological polar surface area (TPSA) is 99.7 Å². The smallest absolute Gasteiger partial charge is 0.251 e. The number of rotatable bonds is 7. The van der Waals surface area contributed by atoms with Gasteiger partial charge >= 0.3 is 0 Å². The Labute approximate surface area is 238 Å². The first-order chi connectivity index (χ1) is 19.3. The number of aromatic nitrogens is 2. The second kappa shape index (κ2) is 12.0. The van der Waals surface area contributed by atoms with Crippen LogP contribution in [-0.4, -0.2) is 54.6 Å². The molecule has 2 aliphatic carbocycles. The van der Waals surface area contributed by atoms with E-state index in [1.807, 2.05) is 13.1 Å². The molecule has 5 rings (SSSR count). The molecule has 2 N–H and O–H groups in total. The highest BCUT2D eigenvalue weighted by atomic mass is 16.5. The van der Waals surface area contributed by atoms with Gasteiger partial charge in [0.25, 0.3) is 5.91 Å². The molecule has 2 heterocycles. The van der Waals surface area contributed by atoms with Crippen LogP contribution in [0.3, 0.4) is 0 Å². The number of hydrogen-bond donors (Lipinski definition) is 2. The molecule has 0 radical (unpaired) electrons. The van der Waals surface area contributed by atoms with Crippen LogP contribution in [0.15, 0.2) is 24.4 Å². The number of methoxy groups -OCH3 is 1. The summed E-state index contributed by atoms with van der Waals surface area (Å²) >= 11 is 0. The molecule has 1 aromatic carbocycles. The second-order valence-electron chi connectivity index (χ2n) is 11.9. The van der Waals surface area contributed by atoms with Gasteiger partial charge in [0.2, 0.25) is 11.9 Å². The molecule has 40 heavy (non-hydrogen) atoms. The summed E-state index contributed by atoms with van der Waals surface area (Å²) in [4.78, 5) is 40.1. The van der Waals surface area contributed by atoms with Gasteiger partial charge in [-0.3, -0.25) is 9.59 Å². The maximum atomic E-state index is 13.5. The van der Waals surface area contributed by atoms with E-state index in [1.165, 1.54) is 25.7 Å². The minimum Gasteiger partial charge on any atom is -0.495 e. The zero-order valence-electron chi connectivity index (χ0n) is 24.5. The molecule has 3 aliphatic rings. The Bertz CT molecular complexity index is 1220. The monoisotopic (exact) mass is 548 g/mol. The van der Waals surface area contributed by atoms with Crippen LogP contribution in [0.4, 0.5) is 23.1 Å². The van der Waals surface area contributed by atoms with Crippen molar-refractivity contribution in [2.24, 2.45) is 5.41 Å². The van der Waals surface area contributed by atoms with E-state index in [2.05, 4.69) is 34.4 Å². The molecule has 2 amide bonds. The number of ether oxygens (including phenoxy) is 1. The molecule has 216 valence electrons. The third-order valence-electron chi connectivity index (χ3n) is 9.17. The van der Waals surface area contributed by atoms with Crippen LogP contribution in [0, 0.1) is 5.41 Å². The first-order valence-electron chi connectivity index (χ1n) is 15.0. The lowest BCUT2D eigenvalue weighted by atomic mass is 9.84. The van der Waals surface area contributed by atoms with E-state index in [0.29, 0.717) is 35.5 Å². The molecule has 9 heteroatoms. The number of nitrogens with one attached hydrogen (secondary N) is 2. The summed E-state index contributed by atoms with van der Waals surface area (Å²) in [6.07, 6.45) is 14.0. The van der Waals surface area contributed by atoms with Gasteiger partial charge in [0.1, 0.15) is 11.4 Å². The number of carbonyl (C=O) groups is 2. The van der Waals surface area contributed by atoms with Crippen LogP contribution in [0.25, 0.3) is 0 Å². The second-order valence-corrected chi connectivity index (χ2v) is 11.9. The van der Waals surface area contributed by atoms with Crippen LogP contribution in [-0.2, 0) is 4.79 Å². The molecule has 1 unspecified atom stereocenters. The van der Waals surface area contributed by atoms with E-state index in [1.54, 1.807) is 30.3 Å². The quantitative estimate of drug-likeness (QED) is 0.450. The number of amides is 2. The van der Waals surface area contributed by atoms with E-state index >= 15 is 0 Å². The third-order valence-corrected chi connectivity index (χ3v) is 9.17. The Morgan fingerprint density at radius 1 is 1.10 bits per heavy atom. The average molecular weight is 549 g/mol. The van der Waals surface area contributed by atoms with Crippen LogP contribution in [0.1, 0.15) is 94.8 Å². The molecule has 0 bridgehead atoms. The molecule has 1 atom stereocenters. The third kappa shape index (κ3) is 5.74. The fraction of sp³-hybridized carbons (Fsp3) is 0.613. The standard InChI is InChI=1S/C31H44N6O3/c1-5-31(2)20-37(23-14-10-7-11-15-23)27-25(36(3)29(31)39)19-32-30(35-27)34-24-17-16-21(18-26(24)40-4)28(38)33-22-12-8-6-9-13-22/h16-19,22-23H,5-15,20H2,1-4H3,(H,33,38)(H,32,34,35). The molecule has 9 nitrogen and oxygen atoms in total. The first kappa shape index (κ1) is 28.2. The van der Waals surface area contributed by atoms with Gasteiger partial charge in [-0.2, -0.15) is 4.98 Å². The highest BCUT2D eigenvalue weighted by Gasteiger charge is 2.43. The predicted molar refractivity (Wildman–Crippen MR) is 159 cm³/mol. The first-order valence-corrected chi connectivity index (χ1v) is 15.0. The number of anilines is 4. The fourth-order valence-electron chi connectivity index (χ4n) is 6.44. The van der Waals surface area contributed by atoms with E-state index in [-0.39, 0.29) is 17.9 Å². The van der Waals surface area contributed by atoms with Gasteiger partial charge in [-0.25, -0.2) is 4.98 Å². The van der Waals surface area contributed by atoms with E-state index < -0.39 is 5.41 Å². The molecule has 0 saturated heterocycles. The fourth-order valence-corrected chi connectivity index (χ4v) is 6.44. The van der Waals surface area contributed by atoms with E-state index in [9.17, 15) is 9.59 Å². The Balaban J connectivity index is 1.42. The Kier molecular flexibility index (Phi) is 8.47. The molecule has 1 aliphatic heterocycles. The highest BCUT2D eigenvalue weighted by Crippen LogP contribution is 2.41. The molecule has 2 aromatic rings. The van der Waals surface area contributed by atoms with Gasteiger partial charge in [0, 0.05) is 31.2 Å². The zero-order valence-corrected chi connectivity index (χ0v) is 24.5. The lowest BCUT2D eigenvalue weighted by molar-refractivity contribution is -0.126.